The molecule has 0 spiro atoms. The van der Waals surface area contributed by atoms with Gasteiger partial charge in [-0.05, 0) is 30.3 Å². The molecule has 4 aromatic rings. The zero-order chi connectivity index (χ0) is 18.8. The van der Waals surface area contributed by atoms with E-state index in [-0.39, 0.29) is 19.0 Å². The van der Waals surface area contributed by atoms with Crippen LogP contribution < -0.4 is 5.32 Å². The molecule has 0 radical (unpaired) electrons. The third-order valence-electron chi connectivity index (χ3n) is 3.98. The first kappa shape index (κ1) is 17.1. The Kier molecular flexibility index (Phi) is 4.53. The van der Waals surface area contributed by atoms with Crippen LogP contribution in [0, 0.1) is 5.82 Å². The van der Waals surface area contributed by atoms with Gasteiger partial charge in [0.15, 0.2) is 0 Å². The van der Waals surface area contributed by atoms with Crippen molar-refractivity contribution in [1.82, 2.24) is 19.4 Å². The average Bonchev–Trinajstić information content (AvgIpc) is 3.28. The molecule has 0 aliphatic rings. The van der Waals surface area contributed by atoms with E-state index in [0.29, 0.717) is 34.4 Å². The molecule has 8 nitrogen and oxygen atoms in total. The Morgan fingerprint density at radius 2 is 2.00 bits per heavy atom. The summed E-state index contributed by atoms with van der Waals surface area (Å²) in [4.78, 5) is 13.1. The molecule has 1 aromatic carbocycles. The van der Waals surface area contributed by atoms with E-state index < -0.39 is 6.10 Å². The zero-order valence-corrected chi connectivity index (χ0v) is 14.1. The summed E-state index contributed by atoms with van der Waals surface area (Å²) in [6.07, 6.45) is 3.89. The van der Waals surface area contributed by atoms with Crippen LogP contribution in [0.25, 0.3) is 28.5 Å². The van der Waals surface area contributed by atoms with Gasteiger partial charge in [0, 0.05) is 24.5 Å². The molecular formula is C18H16FN5O3. The summed E-state index contributed by atoms with van der Waals surface area (Å²) >= 11 is 0. The van der Waals surface area contributed by atoms with Gasteiger partial charge in [-0.1, -0.05) is 0 Å². The minimum Gasteiger partial charge on any atom is -0.432 e. The van der Waals surface area contributed by atoms with E-state index in [1.165, 1.54) is 18.4 Å². The minimum atomic E-state index is -0.914. The largest absolute Gasteiger partial charge is 0.432 e. The van der Waals surface area contributed by atoms with E-state index >= 15 is 0 Å². The summed E-state index contributed by atoms with van der Waals surface area (Å²) < 4.78 is 20.4. The van der Waals surface area contributed by atoms with Crippen LogP contribution in [-0.2, 0) is 0 Å². The number of aliphatic hydroxyl groups excluding tert-OH is 2. The number of imidazole rings is 1. The Bertz CT molecular complexity index is 1060. The lowest BCUT2D eigenvalue weighted by Gasteiger charge is -2.10. The number of oxazole rings is 1. The van der Waals surface area contributed by atoms with Gasteiger partial charge in [-0.25, -0.2) is 14.4 Å². The molecule has 9 heteroatoms. The third-order valence-corrected chi connectivity index (χ3v) is 3.98. The number of nitrogens with one attached hydrogen (secondary N) is 1. The Morgan fingerprint density at radius 3 is 2.78 bits per heavy atom. The number of aliphatic hydroxyl groups is 2. The zero-order valence-electron chi connectivity index (χ0n) is 14.1. The maximum atomic E-state index is 13.3. The smallest absolute Gasteiger partial charge is 0.306 e. The second kappa shape index (κ2) is 7.14. The highest BCUT2D eigenvalue weighted by molar-refractivity contribution is 5.79. The molecule has 3 aromatic heterocycles. The van der Waals surface area contributed by atoms with Crippen molar-refractivity contribution < 1.29 is 19.0 Å². The Hall–Kier alpha value is -3.30. The van der Waals surface area contributed by atoms with Gasteiger partial charge in [0.05, 0.1) is 18.4 Å². The SMILES string of the molecule is OCC(O)CNc1nccc(-c2c(-c3ccc(F)cc3)nc3occn23)n1. The highest BCUT2D eigenvalue weighted by Gasteiger charge is 2.19. The standard InChI is InChI=1S/C18H16FN5O3/c19-12-3-1-11(2-4-12)15-16(24-7-8-27-18(24)23-15)14-5-6-20-17(22-14)21-9-13(26)10-25/h1-8,13,25-26H,9-10H2,(H,20,21,22). The molecule has 0 amide bonds. The molecular weight excluding hydrogens is 353 g/mol. The van der Waals surface area contributed by atoms with Crippen LogP contribution in [0.3, 0.4) is 0 Å². The number of fused-ring (bicyclic) bond motifs is 1. The Balaban J connectivity index is 1.78. The molecule has 27 heavy (non-hydrogen) atoms. The van der Waals surface area contributed by atoms with Crippen LogP contribution >= 0.6 is 0 Å². The van der Waals surface area contributed by atoms with Gasteiger partial charge < -0.3 is 19.9 Å². The van der Waals surface area contributed by atoms with Crippen LogP contribution in [0.15, 0.2) is 53.4 Å². The first-order valence-corrected chi connectivity index (χ1v) is 8.23. The second-order valence-electron chi connectivity index (χ2n) is 5.85. The van der Waals surface area contributed by atoms with E-state index in [4.69, 9.17) is 9.52 Å². The van der Waals surface area contributed by atoms with Crippen LogP contribution in [0.4, 0.5) is 10.3 Å². The van der Waals surface area contributed by atoms with Gasteiger partial charge in [0.2, 0.25) is 5.95 Å². The van der Waals surface area contributed by atoms with Crippen molar-refractivity contribution in [1.29, 1.82) is 0 Å². The van der Waals surface area contributed by atoms with E-state index in [0.717, 1.165) is 0 Å². The highest BCUT2D eigenvalue weighted by Crippen LogP contribution is 2.32. The summed E-state index contributed by atoms with van der Waals surface area (Å²) in [7, 11) is 0. The molecule has 3 N–H and O–H groups in total. The third kappa shape index (κ3) is 3.37. The molecule has 4 rings (SSSR count). The van der Waals surface area contributed by atoms with Crippen molar-refractivity contribution in [3.05, 3.63) is 54.8 Å². The summed E-state index contributed by atoms with van der Waals surface area (Å²) in [5.74, 6) is 0.343. The van der Waals surface area contributed by atoms with Crippen molar-refractivity contribution in [3.63, 3.8) is 0 Å². The number of hydrogen-bond donors (Lipinski definition) is 3. The number of halogens is 1. The Morgan fingerprint density at radius 1 is 1.19 bits per heavy atom. The molecule has 0 bridgehead atoms. The van der Waals surface area contributed by atoms with Gasteiger partial charge in [0.25, 0.3) is 0 Å². The number of hydrogen-bond acceptors (Lipinski definition) is 7. The van der Waals surface area contributed by atoms with Gasteiger partial charge in [-0.2, -0.15) is 4.98 Å². The number of nitrogens with zero attached hydrogens (tertiary/aromatic N) is 4. The summed E-state index contributed by atoms with van der Waals surface area (Å²) in [6.45, 7) is -0.252. The molecule has 138 valence electrons. The average molecular weight is 369 g/mol. The lowest BCUT2D eigenvalue weighted by atomic mass is 10.1. The number of anilines is 1. The predicted molar refractivity (Wildman–Crippen MR) is 95.5 cm³/mol. The maximum absolute atomic E-state index is 13.3. The maximum Gasteiger partial charge on any atom is 0.306 e. The van der Waals surface area contributed by atoms with Gasteiger partial charge >= 0.3 is 5.84 Å². The van der Waals surface area contributed by atoms with E-state index in [2.05, 4.69) is 20.3 Å². The molecule has 0 saturated carbocycles. The van der Waals surface area contributed by atoms with Crippen molar-refractivity contribution >= 4 is 11.8 Å². The summed E-state index contributed by atoms with van der Waals surface area (Å²) in [6, 6.07) is 7.72. The fraction of sp³-hybridized carbons (Fsp3) is 0.167. The van der Waals surface area contributed by atoms with Gasteiger partial charge in [-0.3, -0.25) is 4.40 Å². The van der Waals surface area contributed by atoms with E-state index in [1.54, 1.807) is 35.0 Å². The molecule has 1 atom stereocenters. The van der Waals surface area contributed by atoms with Crippen LogP contribution in [0.5, 0.6) is 0 Å². The van der Waals surface area contributed by atoms with Crippen LogP contribution in [0.1, 0.15) is 0 Å². The Labute approximate surface area is 153 Å². The minimum absolute atomic E-state index is 0.109. The second-order valence-corrected chi connectivity index (χ2v) is 5.85. The lowest BCUT2D eigenvalue weighted by molar-refractivity contribution is 0.105. The van der Waals surface area contributed by atoms with Crippen molar-refractivity contribution in [3.8, 4) is 22.6 Å². The molecule has 0 saturated heterocycles. The fourth-order valence-corrected chi connectivity index (χ4v) is 2.69. The molecule has 1 unspecified atom stereocenters. The van der Waals surface area contributed by atoms with Crippen LogP contribution in [-0.4, -0.2) is 48.8 Å². The number of rotatable bonds is 6. The monoisotopic (exact) mass is 369 g/mol. The summed E-state index contributed by atoms with van der Waals surface area (Å²) in [5.41, 5.74) is 2.54. The first-order valence-electron chi connectivity index (χ1n) is 8.23. The normalized spacial score (nSPS) is 12.4. The quantitative estimate of drug-likeness (QED) is 0.477. The fourth-order valence-electron chi connectivity index (χ4n) is 2.69. The first-order chi connectivity index (χ1) is 13.2. The highest BCUT2D eigenvalue weighted by atomic mass is 19.1. The molecule has 0 aliphatic carbocycles. The van der Waals surface area contributed by atoms with Gasteiger partial charge in [-0.15, -0.1) is 0 Å². The molecule has 0 fully saturated rings. The van der Waals surface area contributed by atoms with Crippen molar-refractivity contribution in [2.45, 2.75) is 6.10 Å². The van der Waals surface area contributed by atoms with Crippen molar-refractivity contribution in [2.24, 2.45) is 0 Å². The topological polar surface area (TPSA) is 109 Å². The predicted octanol–water partition coefficient (Wildman–Crippen LogP) is 1.96. The van der Waals surface area contributed by atoms with E-state index in [1.807, 2.05) is 0 Å². The number of aromatic nitrogens is 4. The molecule has 0 aliphatic heterocycles. The van der Waals surface area contributed by atoms with Gasteiger partial charge in [0.1, 0.15) is 23.5 Å². The van der Waals surface area contributed by atoms with Crippen molar-refractivity contribution in [2.75, 3.05) is 18.5 Å². The van der Waals surface area contributed by atoms with Crippen LogP contribution in [0.2, 0.25) is 0 Å². The molecule has 3 heterocycles. The lowest BCUT2D eigenvalue weighted by Crippen LogP contribution is -2.23. The number of benzene rings is 1. The van der Waals surface area contributed by atoms with E-state index in [9.17, 15) is 9.50 Å². The summed E-state index contributed by atoms with van der Waals surface area (Å²) in [5, 5.41) is 21.3.